The second kappa shape index (κ2) is 5.47. The number of aryl methyl sites for hydroxylation is 1. The lowest BCUT2D eigenvalue weighted by Crippen LogP contribution is -2.17. The van der Waals surface area contributed by atoms with Gasteiger partial charge in [-0.05, 0) is 36.2 Å². The average Bonchev–Trinajstić information content (AvgIpc) is 2.83. The highest BCUT2D eigenvalue weighted by molar-refractivity contribution is 5.83. The first kappa shape index (κ1) is 12.9. The Hall–Kier alpha value is -2.13. The van der Waals surface area contributed by atoms with Gasteiger partial charge in [-0.2, -0.15) is 0 Å². The van der Waals surface area contributed by atoms with Crippen molar-refractivity contribution in [3.63, 3.8) is 0 Å². The molecule has 0 unspecified atom stereocenters. The van der Waals surface area contributed by atoms with Crippen LogP contribution >= 0.6 is 0 Å². The van der Waals surface area contributed by atoms with Crippen LogP contribution in [0.5, 0.6) is 0 Å². The van der Waals surface area contributed by atoms with Gasteiger partial charge in [0.2, 0.25) is 0 Å². The number of nitrogens with one attached hydrogen (secondary N) is 1. The minimum Gasteiger partial charge on any atom is -0.350 e. The van der Waals surface area contributed by atoms with Crippen molar-refractivity contribution in [3.05, 3.63) is 66.1 Å². The van der Waals surface area contributed by atoms with Gasteiger partial charge in [-0.15, -0.1) is 0 Å². The Morgan fingerprint density at radius 2 is 1.90 bits per heavy atom. The van der Waals surface area contributed by atoms with Crippen molar-refractivity contribution in [2.75, 3.05) is 0 Å². The van der Waals surface area contributed by atoms with Crippen molar-refractivity contribution >= 4 is 10.9 Å². The van der Waals surface area contributed by atoms with Crippen molar-refractivity contribution in [1.82, 2.24) is 14.9 Å². The van der Waals surface area contributed by atoms with E-state index in [4.69, 9.17) is 0 Å². The maximum absolute atomic E-state index is 4.06. The van der Waals surface area contributed by atoms with E-state index >= 15 is 0 Å². The molecular formula is C17H19N3. The van der Waals surface area contributed by atoms with E-state index < -0.39 is 0 Å². The number of aromatic nitrogens is 2. The van der Waals surface area contributed by atoms with Crippen LogP contribution in [0.2, 0.25) is 0 Å². The first-order valence-corrected chi connectivity index (χ1v) is 6.92. The third-order valence-electron chi connectivity index (χ3n) is 3.78. The van der Waals surface area contributed by atoms with Gasteiger partial charge < -0.3 is 9.88 Å². The van der Waals surface area contributed by atoms with E-state index in [1.165, 1.54) is 22.0 Å². The topological polar surface area (TPSA) is 29.9 Å². The van der Waals surface area contributed by atoms with Crippen LogP contribution in [0.3, 0.4) is 0 Å². The minimum atomic E-state index is 0.317. The molecule has 0 spiro atoms. The summed E-state index contributed by atoms with van der Waals surface area (Å²) in [6.45, 7) is 3.05. The Bertz CT molecular complexity index is 701. The molecule has 0 saturated heterocycles. The lowest BCUT2D eigenvalue weighted by molar-refractivity contribution is 0.575. The Morgan fingerprint density at radius 1 is 1.15 bits per heavy atom. The van der Waals surface area contributed by atoms with Gasteiger partial charge in [0.25, 0.3) is 0 Å². The zero-order valence-electron chi connectivity index (χ0n) is 11.9. The molecule has 3 heteroatoms. The number of fused-ring (bicyclic) bond motifs is 1. The van der Waals surface area contributed by atoms with Crippen LogP contribution in [0.25, 0.3) is 10.9 Å². The Labute approximate surface area is 119 Å². The molecule has 0 fully saturated rings. The van der Waals surface area contributed by atoms with E-state index in [0.717, 1.165) is 6.54 Å². The fraction of sp³-hybridized carbons (Fsp3) is 0.235. The number of benzene rings is 1. The number of hydrogen-bond donors (Lipinski definition) is 1. The summed E-state index contributed by atoms with van der Waals surface area (Å²) in [5.41, 5.74) is 3.88. The molecule has 2 aromatic heterocycles. The lowest BCUT2D eigenvalue weighted by atomic mass is 10.1. The summed E-state index contributed by atoms with van der Waals surface area (Å²) >= 11 is 0. The van der Waals surface area contributed by atoms with Crippen LogP contribution < -0.4 is 5.32 Å². The predicted molar refractivity (Wildman–Crippen MR) is 82.4 cm³/mol. The van der Waals surface area contributed by atoms with Gasteiger partial charge in [0.15, 0.2) is 0 Å². The van der Waals surface area contributed by atoms with Gasteiger partial charge in [0.05, 0.1) is 0 Å². The maximum Gasteiger partial charge on any atom is 0.0481 e. The number of pyridine rings is 1. The Kier molecular flexibility index (Phi) is 3.52. The van der Waals surface area contributed by atoms with Crippen molar-refractivity contribution in [2.24, 2.45) is 7.05 Å². The van der Waals surface area contributed by atoms with E-state index in [-0.39, 0.29) is 0 Å². The van der Waals surface area contributed by atoms with E-state index in [9.17, 15) is 0 Å². The smallest absolute Gasteiger partial charge is 0.0481 e. The molecule has 3 aromatic rings. The predicted octanol–water partition coefficient (Wildman–Crippen LogP) is 3.42. The molecule has 0 bridgehead atoms. The van der Waals surface area contributed by atoms with Crippen LogP contribution in [0.1, 0.15) is 24.1 Å². The minimum absolute atomic E-state index is 0.317. The summed E-state index contributed by atoms with van der Waals surface area (Å²) in [6, 6.07) is 12.9. The monoisotopic (exact) mass is 265 g/mol. The molecular weight excluding hydrogens is 246 g/mol. The molecule has 20 heavy (non-hydrogen) atoms. The third-order valence-corrected chi connectivity index (χ3v) is 3.78. The SMILES string of the molecule is C[C@H](NCc1cn(C)c2ccccc12)c1ccncc1. The molecule has 0 aliphatic heterocycles. The summed E-state index contributed by atoms with van der Waals surface area (Å²) in [5.74, 6) is 0. The molecule has 0 aliphatic carbocycles. The van der Waals surface area contributed by atoms with Crippen LogP contribution in [0, 0.1) is 0 Å². The van der Waals surface area contributed by atoms with E-state index in [1.807, 2.05) is 12.4 Å². The van der Waals surface area contributed by atoms with E-state index in [0.29, 0.717) is 6.04 Å². The molecule has 0 radical (unpaired) electrons. The zero-order chi connectivity index (χ0) is 13.9. The molecule has 3 nitrogen and oxygen atoms in total. The summed E-state index contributed by atoms with van der Waals surface area (Å²) in [5, 5.41) is 4.90. The molecule has 1 N–H and O–H groups in total. The van der Waals surface area contributed by atoms with Gasteiger partial charge in [-0.25, -0.2) is 0 Å². The number of hydrogen-bond acceptors (Lipinski definition) is 2. The zero-order valence-corrected chi connectivity index (χ0v) is 11.9. The van der Waals surface area contributed by atoms with Crippen molar-refractivity contribution in [1.29, 1.82) is 0 Å². The largest absolute Gasteiger partial charge is 0.350 e. The fourth-order valence-electron chi connectivity index (χ4n) is 2.60. The van der Waals surface area contributed by atoms with Crippen molar-refractivity contribution < 1.29 is 0 Å². The molecule has 102 valence electrons. The fourth-order valence-corrected chi connectivity index (χ4v) is 2.60. The first-order valence-electron chi connectivity index (χ1n) is 6.92. The average molecular weight is 265 g/mol. The van der Waals surface area contributed by atoms with Crippen LogP contribution in [-0.2, 0) is 13.6 Å². The van der Waals surface area contributed by atoms with Gasteiger partial charge in [-0.3, -0.25) is 4.98 Å². The Morgan fingerprint density at radius 3 is 2.70 bits per heavy atom. The summed E-state index contributed by atoms with van der Waals surface area (Å²) in [4.78, 5) is 4.06. The molecule has 2 heterocycles. The molecule has 0 aliphatic rings. The second-order valence-electron chi connectivity index (χ2n) is 5.17. The van der Waals surface area contributed by atoms with Gasteiger partial charge in [-0.1, -0.05) is 18.2 Å². The summed E-state index contributed by atoms with van der Waals surface area (Å²) in [7, 11) is 2.10. The number of nitrogens with zero attached hydrogens (tertiary/aromatic N) is 2. The van der Waals surface area contributed by atoms with Crippen LogP contribution in [-0.4, -0.2) is 9.55 Å². The lowest BCUT2D eigenvalue weighted by Gasteiger charge is -2.13. The highest BCUT2D eigenvalue weighted by atomic mass is 14.9. The second-order valence-corrected chi connectivity index (χ2v) is 5.17. The van der Waals surface area contributed by atoms with E-state index in [1.54, 1.807) is 0 Å². The van der Waals surface area contributed by atoms with Crippen LogP contribution in [0.4, 0.5) is 0 Å². The quantitative estimate of drug-likeness (QED) is 0.783. The van der Waals surface area contributed by atoms with Crippen molar-refractivity contribution in [2.45, 2.75) is 19.5 Å². The highest BCUT2D eigenvalue weighted by Gasteiger charge is 2.08. The van der Waals surface area contributed by atoms with Crippen LogP contribution in [0.15, 0.2) is 55.0 Å². The molecule has 1 atom stereocenters. The number of para-hydroxylation sites is 1. The molecule has 0 saturated carbocycles. The third kappa shape index (κ3) is 2.45. The van der Waals surface area contributed by atoms with Gasteiger partial charge in [0, 0.05) is 49.1 Å². The molecule has 3 rings (SSSR count). The normalized spacial score (nSPS) is 12.7. The first-order chi connectivity index (χ1) is 9.75. The number of rotatable bonds is 4. The highest BCUT2D eigenvalue weighted by Crippen LogP contribution is 2.21. The summed E-state index contributed by atoms with van der Waals surface area (Å²) < 4.78 is 2.18. The van der Waals surface area contributed by atoms with Gasteiger partial charge in [0.1, 0.15) is 0 Å². The van der Waals surface area contributed by atoms with Crippen molar-refractivity contribution in [3.8, 4) is 0 Å². The maximum atomic E-state index is 4.06. The molecule has 1 aromatic carbocycles. The Balaban J connectivity index is 1.77. The standard InChI is InChI=1S/C17H19N3/c1-13(14-7-9-18-10-8-14)19-11-15-12-20(2)17-6-4-3-5-16(15)17/h3-10,12-13,19H,11H2,1-2H3/t13-/m0/s1. The van der Waals surface area contributed by atoms with Gasteiger partial charge >= 0.3 is 0 Å². The molecule has 0 amide bonds. The summed E-state index contributed by atoms with van der Waals surface area (Å²) in [6.07, 6.45) is 5.88. The van der Waals surface area contributed by atoms with E-state index in [2.05, 4.69) is 71.4 Å².